The lowest BCUT2D eigenvalue weighted by Crippen LogP contribution is -2.28. The van der Waals surface area contributed by atoms with E-state index in [1.165, 1.54) is 5.56 Å². The molecule has 1 heterocycles. The smallest absolute Gasteiger partial charge is 0.319 e. The molecular formula is C22H23N3O2. The molecule has 5 heteroatoms. The lowest BCUT2D eigenvalue weighted by atomic mass is 10.1. The van der Waals surface area contributed by atoms with Crippen molar-refractivity contribution in [3.05, 3.63) is 89.2 Å². The van der Waals surface area contributed by atoms with Crippen LogP contribution in [0.15, 0.2) is 66.9 Å². The van der Waals surface area contributed by atoms with Crippen LogP contribution in [0.3, 0.4) is 0 Å². The Kier molecular flexibility index (Phi) is 6.05. The summed E-state index contributed by atoms with van der Waals surface area (Å²) in [5.41, 5.74) is 4.85. The van der Waals surface area contributed by atoms with E-state index in [4.69, 9.17) is 4.74 Å². The number of benzene rings is 2. The molecule has 2 aromatic carbocycles. The molecule has 0 aliphatic carbocycles. The average Bonchev–Trinajstić information content (AvgIpc) is 2.68. The first kappa shape index (κ1) is 18.5. The third-order valence-corrected chi connectivity index (χ3v) is 4.09. The fourth-order valence-electron chi connectivity index (χ4n) is 2.69. The summed E-state index contributed by atoms with van der Waals surface area (Å²) in [5, 5.41) is 5.75. The number of nitrogens with zero attached hydrogens (tertiary/aromatic N) is 1. The predicted molar refractivity (Wildman–Crippen MR) is 107 cm³/mol. The van der Waals surface area contributed by atoms with Crippen LogP contribution in [0, 0.1) is 13.8 Å². The summed E-state index contributed by atoms with van der Waals surface area (Å²) in [7, 11) is 0. The van der Waals surface area contributed by atoms with E-state index in [1.54, 1.807) is 6.20 Å². The van der Waals surface area contributed by atoms with Gasteiger partial charge in [-0.1, -0.05) is 35.9 Å². The molecule has 0 bridgehead atoms. The standard InChI is InChI=1S/C22H23N3O2/c1-16-9-10-21(17(2)12-16)25-22(26)24-14-18-6-5-8-20(13-18)27-15-19-7-3-4-11-23-19/h3-13H,14-15H2,1-2H3,(H2,24,25,26). The average molecular weight is 361 g/mol. The van der Waals surface area contributed by atoms with Crippen molar-refractivity contribution in [3.8, 4) is 5.75 Å². The van der Waals surface area contributed by atoms with Gasteiger partial charge in [0.2, 0.25) is 0 Å². The van der Waals surface area contributed by atoms with Crippen molar-refractivity contribution in [2.75, 3.05) is 5.32 Å². The Morgan fingerprint density at radius 1 is 1.04 bits per heavy atom. The maximum Gasteiger partial charge on any atom is 0.319 e. The molecule has 0 aliphatic rings. The second kappa shape index (κ2) is 8.85. The maximum atomic E-state index is 12.2. The predicted octanol–water partition coefficient (Wildman–Crippen LogP) is 4.60. The number of hydrogen-bond donors (Lipinski definition) is 2. The zero-order valence-corrected chi connectivity index (χ0v) is 15.5. The van der Waals surface area contributed by atoms with Gasteiger partial charge < -0.3 is 15.4 Å². The van der Waals surface area contributed by atoms with Crippen LogP contribution in [-0.4, -0.2) is 11.0 Å². The number of aromatic nitrogens is 1. The van der Waals surface area contributed by atoms with Crippen LogP contribution in [0.2, 0.25) is 0 Å². The fraction of sp³-hybridized carbons (Fsp3) is 0.182. The zero-order chi connectivity index (χ0) is 19.1. The number of nitrogens with one attached hydrogen (secondary N) is 2. The SMILES string of the molecule is Cc1ccc(NC(=O)NCc2cccc(OCc3ccccn3)c2)c(C)c1. The number of aryl methyl sites for hydroxylation is 2. The van der Waals surface area contributed by atoms with Crippen molar-refractivity contribution >= 4 is 11.7 Å². The molecule has 0 unspecified atom stereocenters. The largest absolute Gasteiger partial charge is 0.487 e. The molecule has 3 rings (SSSR count). The Morgan fingerprint density at radius 3 is 2.70 bits per heavy atom. The summed E-state index contributed by atoms with van der Waals surface area (Å²) in [5.74, 6) is 0.745. The number of carbonyl (C=O) groups excluding carboxylic acids is 1. The molecule has 0 radical (unpaired) electrons. The van der Waals surface area contributed by atoms with Gasteiger partial charge in [-0.25, -0.2) is 4.79 Å². The number of anilines is 1. The summed E-state index contributed by atoms with van der Waals surface area (Å²) in [6, 6.07) is 19.1. The van der Waals surface area contributed by atoms with Gasteiger partial charge in [0.15, 0.2) is 0 Å². The van der Waals surface area contributed by atoms with Gasteiger partial charge in [0.25, 0.3) is 0 Å². The number of pyridine rings is 1. The Morgan fingerprint density at radius 2 is 1.93 bits per heavy atom. The summed E-state index contributed by atoms with van der Waals surface area (Å²) < 4.78 is 5.77. The number of ether oxygens (including phenoxy) is 1. The minimum atomic E-state index is -0.234. The van der Waals surface area contributed by atoms with Crippen LogP contribution in [0.5, 0.6) is 5.75 Å². The molecule has 5 nitrogen and oxygen atoms in total. The van der Waals surface area contributed by atoms with Gasteiger partial charge >= 0.3 is 6.03 Å². The molecule has 0 saturated carbocycles. The van der Waals surface area contributed by atoms with Crippen LogP contribution >= 0.6 is 0 Å². The highest BCUT2D eigenvalue weighted by Crippen LogP contribution is 2.17. The Bertz CT molecular complexity index is 910. The molecule has 2 N–H and O–H groups in total. The quantitative estimate of drug-likeness (QED) is 0.674. The molecule has 0 fully saturated rings. The van der Waals surface area contributed by atoms with Gasteiger partial charge in [0.05, 0.1) is 5.69 Å². The van der Waals surface area contributed by atoms with E-state index in [1.807, 2.05) is 74.5 Å². The van der Waals surface area contributed by atoms with Crippen molar-refractivity contribution in [2.24, 2.45) is 0 Å². The first-order chi connectivity index (χ1) is 13.1. The summed E-state index contributed by atoms with van der Waals surface area (Å²) in [4.78, 5) is 16.4. The zero-order valence-electron chi connectivity index (χ0n) is 15.5. The molecule has 0 spiro atoms. The molecule has 1 aromatic heterocycles. The highest BCUT2D eigenvalue weighted by Gasteiger charge is 2.05. The third-order valence-electron chi connectivity index (χ3n) is 4.09. The molecular weight excluding hydrogens is 338 g/mol. The Balaban J connectivity index is 1.52. The van der Waals surface area contributed by atoms with Crippen molar-refractivity contribution < 1.29 is 9.53 Å². The normalized spacial score (nSPS) is 10.3. The number of amides is 2. The van der Waals surface area contributed by atoms with Crippen molar-refractivity contribution in [2.45, 2.75) is 27.0 Å². The molecule has 0 atom stereocenters. The van der Waals surface area contributed by atoms with Gasteiger partial charge in [-0.05, 0) is 55.3 Å². The summed E-state index contributed by atoms with van der Waals surface area (Å²) >= 11 is 0. The Labute approximate surface area is 159 Å². The van der Waals surface area contributed by atoms with Crippen LogP contribution < -0.4 is 15.4 Å². The fourth-order valence-corrected chi connectivity index (χ4v) is 2.69. The number of urea groups is 1. The number of hydrogen-bond acceptors (Lipinski definition) is 3. The first-order valence-corrected chi connectivity index (χ1v) is 8.84. The van der Waals surface area contributed by atoms with E-state index in [2.05, 4.69) is 15.6 Å². The van der Waals surface area contributed by atoms with Crippen molar-refractivity contribution in [1.29, 1.82) is 0 Å². The van der Waals surface area contributed by atoms with Gasteiger partial charge in [0, 0.05) is 18.4 Å². The highest BCUT2D eigenvalue weighted by atomic mass is 16.5. The molecule has 2 amide bonds. The van der Waals surface area contributed by atoms with Gasteiger partial charge in [-0.3, -0.25) is 4.98 Å². The highest BCUT2D eigenvalue weighted by molar-refractivity contribution is 5.90. The van der Waals surface area contributed by atoms with Gasteiger partial charge in [0.1, 0.15) is 12.4 Å². The van der Waals surface area contributed by atoms with Gasteiger partial charge in [-0.2, -0.15) is 0 Å². The van der Waals surface area contributed by atoms with E-state index in [0.717, 1.165) is 28.3 Å². The van der Waals surface area contributed by atoms with E-state index < -0.39 is 0 Å². The molecule has 27 heavy (non-hydrogen) atoms. The second-order valence-corrected chi connectivity index (χ2v) is 6.38. The minimum Gasteiger partial charge on any atom is -0.487 e. The van der Waals surface area contributed by atoms with Crippen LogP contribution in [0.4, 0.5) is 10.5 Å². The van der Waals surface area contributed by atoms with Crippen LogP contribution in [0.25, 0.3) is 0 Å². The van der Waals surface area contributed by atoms with E-state index >= 15 is 0 Å². The van der Waals surface area contributed by atoms with Crippen molar-refractivity contribution in [3.63, 3.8) is 0 Å². The summed E-state index contributed by atoms with van der Waals surface area (Å²) in [6.45, 7) is 4.83. The molecule has 3 aromatic rings. The van der Waals surface area contributed by atoms with Gasteiger partial charge in [-0.15, -0.1) is 0 Å². The summed E-state index contributed by atoms with van der Waals surface area (Å²) in [6.07, 6.45) is 1.74. The topological polar surface area (TPSA) is 63.2 Å². The molecule has 0 saturated heterocycles. The lowest BCUT2D eigenvalue weighted by molar-refractivity contribution is 0.251. The molecule has 0 aliphatic heterocycles. The van der Waals surface area contributed by atoms with Crippen LogP contribution in [-0.2, 0) is 13.2 Å². The van der Waals surface area contributed by atoms with E-state index in [-0.39, 0.29) is 6.03 Å². The van der Waals surface area contributed by atoms with E-state index in [0.29, 0.717) is 13.2 Å². The van der Waals surface area contributed by atoms with Crippen LogP contribution in [0.1, 0.15) is 22.4 Å². The van der Waals surface area contributed by atoms with E-state index in [9.17, 15) is 4.79 Å². The third kappa shape index (κ3) is 5.57. The first-order valence-electron chi connectivity index (χ1n) is 8.84. The number of carbonyl (C=O) groups is 1. The maximum absolute atomic E-state index is 12.2. The lowest BCUT2D eigenvalue weighted by Gasteiger charge is -2.11. The van der Waals surface area contributed by atoms with Crippen molar-refractivity contribution in [1.82, 2.24) is 10.3 Å². The minimum absolute atomic E-state index is 0.234. The Hall–Kier alpha value is -3.34. The number of rotatable bonds is 6. The molecule has 138 valence electrons. The second-order valence-electron chi connectivity index (χ2n) is 6.38. The monoisotopic (exact) mass is 361 g/mol.